The molecule has 0 aliphatic heterocycles. The lowest BCUT2D eigenvalue weighted by Gasteiger charge is -2.27. The van der Waals surface area contributed by atoms with Crippen molar-refractivity contribution in [2.24, 2.45) is 11.7 Å². The monoisotopic (exact) mass is 322 g/mol. The second kappa shape index (κ2) is 7.73. The van der Waals surface area contributed by atoms with E-state index in [1.165, 1.54) is 9.75 Å². The maximum absolute atomic E-state index is 12.7. The number of amides is 1. The molecule has 3 nitrogen and oxygen atoms in total. The van der Waals surface area contributed by atoms with E-state index in [0.717, 1.165) is 6.42 Å². The van der Waals surface area contributed by atoms with Gasteiger partial charge in [-0.25, -0.2) is 0 Å². The molecular weight excluding hydrogens is 300 g/mol. The van der Waals surface area contributed by atoms with Gasteiger partial charge in [0.05, 0.1) is 19.1 Å². The summed E-state index contributed by atoms with van der Waals surface area (Å²) in [5.41, 5.74) is 6.15. The lowest BCUT2D eigenvalue weighted by Crippen LogP contribution is -2.46. The Balaban J connectivity index is 2.12. The summed E-state index contributed by atoms with van der Waals surface area (Å²) in [6, 6.07) is 7.74. The molecule has 0 aliphatic carbocycles. The zero-order valence-electron chi connectivity index (χ0n) is 12.5. The van der Waals surface area contributed by atoms with Gasteiger partial charge in [0.15, 0.2) is 0 Å². The molecule has 2 heterocycles. The number of thiophene rings is 2. The van der Waals surface area contributed by atoms with Crippen LogP contribution in [0.4, 0.5) is 0 Å². The minimum absolute atomic E-state index is 0.0474. The maximum Gasteiger partial charge on any atom is 0.240 e. The normalized spacial score (nSPS) is 13.9. The largest absolute Gasteiger partial charge is 0.331 e. The van der Waals surface area contributed by atoms with Crippen LogP contribution in [0.15, 0.2) is 35.0 Å². The quantitative estimate of drug-likeness (QED) is 0.844. The van der Waals surface area contributed by atoms with E-state index >= 15 is 0 Å². The van der Waals surface area contributed by atoms with Crippen LogP contribution < -0.4 is 5.73 Å². The Labute approximate surface area is 134 Å². The number of hydrogen-bond donors (Lipinski definition) is 1. The van der Waals surface area contributed by atoms with Crippen molar-refractivity contribution in [2.45, 2.75) is 39.4 Å². The molecule has 0 saturated carbocycles. The van der Waals surface area contributed by atoms with Crippen LogP contribution in [-0.2, 0) is 17.9 Å². The van der Waals surface area contributed by atoms with Gasteiger partial charge < -0.3 is 10.6 Å². The minimum Gasteiger partial charge on any atom is -0.331 e. The summed E-state index contributed by atoms with van der Waals surface area (Å²) in [7, 11) is 0. The summed E-state index contributed by atoms with van der Waals surface area (Å²) in [6.07, 6.45) is 0.915. The van der Waals surface area contributed by atoms with Crippen LogP contribution in [0.1, 0.15) is 30.0 Å². The summed E-state index contributed by atoms with van der Waals surface area (Å²) < 4.78 is 0. The Morgan fingerprint density at radius 3 is 2.10 bits per heavy atom. The van der Waals surface area contributed by atoms with Gasteiger partial charge in [0.2, 0.25) is 5.91 Å². The second-order valence-corrected chi connectivity index (χ2v) is 7.33. The molecule has 0 aromatic carbocycles. The van der Waals surface area contributed by atoms with Gasteiger partial charge in [-0.1, -0.05) is 32.4 Å². The van der Waals surface area contributed by atoms with Crippen LogP contribution in [0, 0.1) is 5.92 Å². The summed E-state index contributed by atoms with van der Waals surface area (Å²) in [5.74, 6) is 0.248. The van der Waals surface area contributed by atoms with Crippen LogP contribution in [0.2, 0.25) is 0 Å². The Morgan fingerprint density at radius 2 is 1.71 bits per heavy atom. The molecule has 0 fully saturated rings. The van der Waals surface area contributed by atoms with Crippen molar-refractivity contribution in [3.63, 3.8) is 0 Å². The van der Waals surface area contributed by atoms with Crippen LogP contribution in [-0.4, -0.2) is 16.8 Å². The number of carbonyl (C=O) groups is 1. The van der Waals surface area contributed by atoms with E-state index in [0.29, 0.717) is 13.1 Å². The topological polar surface area (TPSA) is 46.3 Å². The number of rotatable bonds is 7. The highest BCUT2D eigenvalue weighted by Gasteiger charge is 2.25. The summed E-state index contributed by atoms with van der Waals surface area (Å²) in [4.78, 5) is 17.0. The SMILES string of the molecule is CC[C@H](C)[C@H](N)C(=O)N(Cc1cccs1)Cc1cccs1. The molecule has 0 aliphatic rings. The lowest BCUT2D eigenvalue weighted by atomic mass is 9.99. The van der Waals surface area contributed by atoms with E-state index in [-0.39, 0.29) is 11.8 Å². The third-order valence-corrected chi connectivity index (χ3v) is 5.43. The van der Waals surface area contributed by atoms with Gasteiger partial charge >= 0.3 is 0 Å². The molecule has 0 unspecified atom stereocenters. The Morgan fingerprint density at radius 1 is 1.19 bits per heavy atom. The third-order valence-electron chi connectivity index (χ3n) is 3.71. The maximum atomic E-state index is 12.7. The molecule has 21 heavy (non-hydrogen) atoms. The molecule has 0 bridgehead atoms. The van der Waals surface area contributed by atoms with E-state index in [9.17, 15) is 4.79 Å². The Bertz CT molecular complexity index is 500. The fourth-order valence-corrected chi connectivity index (χ4v) is 3.54. The number of carbonyl (C=O) groups excluding carboxylic acids is 1. The van der Waals surface area contributed by atoms with Crippen molar-refractivity contribution in [3.05, 3.63) is 44.8 Å². The number of nitrogens with zero attached hydrogens (tertiary/aromatic N) is 1. The van der Waals surface area contributed by atoms with E-state index in [1.54, 1.807) is 22.7 Å². The first-order chi connectivity index (χ1) is 10.1. The van der Waals surface area contributed by atoms with Crippen molar-refractivity contribution in [2.75, 3.05) is 0 Å². The van der Waals surface area contributed by atoms with Crippen LogP contribution in [0.3, 0.4) is 0 Å². The highest BCUT2D eigenvalue weighted by molar-refractivity contribution is 7.10. The Hall–Kier alpha value is -1.17. The molecule has 2 rings (SSSR count). The highest BCUT2D eigenvalue weighted by atomic mass is 32.1. The van der Waals surface area contributed by atoms with Crippen molar-refractivity contribution in [3.8, 4) is 0 Å². The molecule has 1 amide bonds. The Kier molecular flexibility index (Phi) is 5.96. The molecule has 5 heteroatoms. The van der Waals surface area contributed by atoms with Crippen molar-refractivity contribution in [1.29, 1.82) is 0 Å². The first-order valence-electron chi connectivity index (χ1n) is 7.21. The summed E-state index contributed by atoms with van der Waals surface area (Å²) in [6.45, 7) is 5.38. The molecular formula is C16H22N2OS2. The highest BCUT2D eigenvalue weighted by Crippen LogP contribution is 2.19. The van der Waals surface area contributed by atoms with Crippen molar-refractivity contribution >= 4 is 28.6 Å². The fourth-order valence-electron chi connectivity index (χ4n) is 2.10. The molecule has 2 aromatic rings. The first kappa shape index (κ1) is 16.2. The van der Waals surface area contributed by atoms with Gasteiger partial charge in [-0.3, -0.25) is 4.79 Å². The van der Waals surface area contributed by atoms with E-state index in [4.69, 9.17) is 5.73 Å². The summed E-state index contributed by atoms with van der Waals surface area (Å²) >= 11 is 3.35. The smallest absolute Gasteiger partial charge is 0.240 e. The standard InChI is InChI=1S/C16H22N2OS2/c1-3-12(2)15(17)16(19)18(10-13-6-4-8-20-13)11-14-7-5-9-21-14/h4-9,12,15H,3,10-11,17H2,1-2H3/t12-,15-/m0/s1. The van der Waals surface area contributed by atoms with E-state index in [1.807, 2.05) is 34.7 Å². The fraction of sp³-hybridized carbons (Fsp3) is 0.438. The molecule has 2 aromatic heterocycles. The molecule has 2 atom stereocenters. The third kappa shape index (κ3) is 4.40. The van der Waals surface area contributed by atoms with Gasteiger partial charge in [-0.2, -0.15) is 0 Å². The molecule has 2 N–H and O–H groups in total. The van der Waals surface area contributed by atoms with Gasteiger partial charge in [0.25, 0.3) is 0 Å². The average Bonchev–Trinajstić information content (AvgIpc) is 3.17. The van der Waals surface area contributed by atoms with Crippen LogP contribution in [0.25, 0.3) is 0 Å². The molecule has 114 valence electrons. The predicted molar refractivity (Wildman–Crippen MR) is 90.3 cm³/mol. The van der Waals surface area contributed by atoms with Crippen molar-refractivity contribution < 1.29 is 4.79 Å². The lowest BCUT2D eigenvalue weighted by molar-refractivity contribution is -0.135. The molecule has 0 saturated heterocycles. The second-order valence-electron chi connectivity index (χ2n) is 5.26. The van der Waals surface area contributed by atoms with Gasteiger partial charge in [0, 0.05) is 9.75 Å². The first-order valence-corrected chi connectivity index (χ1v) is 8.96. The van der Waals surface area contributed by atoms with Gasteiger partial charge in [0.1, 0.15) is 0 Å². The van der Waals surface area contributed by atoms with Crippen molar-refractivity contribution in [1.82, 2.24) is 4.90 Å². The number of nitrogens with two attached hydrogens (primary N) is 1. The van der Waals surface area contributed by atoms with Gasteiger partial charge in [-0.05, 0) is 28.8 Å². The number of hydrogen-bond acceptors (Lipinski definition) is 4. The average molecular weight is 322 g/mol. The summed E-state index contributed by atoms with van der Waals surface area (Å²) in [5, 5.41) is 4.08. The van der Waals surface area contributed by atoms with Crippen LogP contribution in [0.5, 0.6) is 0 Å². The minimum atomic E-state index is -0.421. The van der Waals surface area contributed by atoms with E-state index < -0.39 is 6.04 Å². The van der Waals surface area contributed by atoms with E-state index in [2.05, 4.69) is 19.1 Å². The molecule has 0 spiro atoms. The zero-order chi connectivity index (χ0) is 15.2. The van der Waals surface area contributed by atoms with Crippen LogP contribution >= 0.6 is 22.7 Å². The zero-order valence-corrected chi connectivity index (χ0v) is 14.1. The predicted octanol–water partition coefficient (Wildman–Crippen LogP) is 3.71. The van der Waals surface area contributed by atoms with Gasteiger partial charge in [-0.15, -0.1) is 22.7 Å². The molecule has 0 radical (unpaired) electrons.